The second-order valence-electron chi connectivity index (χ2n) is 9.99. The highest BCUT2D eigenvalue weighted by atomic mass is 16.3. The molecule has 0 saturated carbocycles. The van der Waals surface area contributed by atoms with Gasteiger partial charge in [0.15, 0.2) is 0 Å². The second-order valence-corrected chi connectivity index (χ2v) is 9.99. The van der Waals surface area contributed by atoms with Crippen LogP contribution in [-0.2, 0) is 0 Å². The maximum absolute atomic E-state index is 11.2. The number of aliphatic hydroxyl groups is 1. The monoisotopic (exact) mass is 450 g/mol. The third-order valence-corrected chi connectivity index (χ3v) is 7.07. The summed E-state index contributed by atoms with van der Waals surface area (Å²) in [6.45, 7) is 10.4. The molecule has 0 amide bonds. The molecule has 0 bridgehead atoms. The fourth-order valence-corrected chi connectivity index (χ4v) is 5.23. The Hall–Kier alpha value is -3.68. The normalized spacial score (nSPS) is 18.6. The quantitative estimate of drug-likeness (QED) is 0.260. The van der Waals surface area contributed by atoms with Crippen molar-refractivity contribution in [2.75, 3.05) is 5.32 Å². The number of H-pyrrole nitrogens is 1. The Morgan fingerprint density at radius 1 is 0.941 bits per heavy atom. The predicted octanol–water partition coefficient (Wildman–Crippen LogP) is 6.23. The van der Waals surface area contributed by atoms with Crippen LogP contribution < -0.4 is 5.32 Å². The van der Waals surface area contributed by atoms with Crippen LogP contribution in [-0.4, -0.2) is 26.8 Å². The van der Waals surface area contributed by atoms with Crippen LogP contribution in [0, 0.1) is 25.7 Å². The summed E-state index contributed by atoms with van der Waals surface area (Å²) in [6.07, 6.45) is 1.47. The molecule has 0 saturated heterocycles. The molecule has 4 aromatic rings. The maximum atomic E-state index is 11.2. The summed E-state index contributed by atoms with van der Waals surface area (Å²) in [4.78, 5) is 3.45. The highest BCUT2D eigenvalue weighted by Crippen LogP contribution is 2.46. The van der Waals surface area contributed by atoms with Crippen molar-refractivity contribution in [2.24, 2.45) is 0 Å². The van der Waals surface area contributed by atoms with E-state index in [9.17, 15) is 10.2 Å². The maximum Gasteiger partial charge on any atom is 0.116 e. The molecule has 0 aliphatic carbocycles. The van der Waals surface area contributed by atoms with Gasteiger partial charge in [-0.15, -0.1) is 0 Å². The molecule has 2 unspecified atom stereocenters. The van der Waals surface area contributed by atoms with E-state index in [1.165, 1.54) is 10.9 Å². The Balaban J connectivity index is 1.83. The van der Waals surface area contributed by atoms with E-state index in [0.717, 1.165) is 44.6 Å². The first kappa shape index (κ1) is 22.1. The second kappa shape index (κ2) is 7.97. The summed E-state index contributed by atoms with van der Waals surface area (Å²) in [5.74, 6) is 6.78. The summed E-state index contributed by atoms with van der Waals surface area (Å²) in [5, 5.41) is 25.9. The number of aryl methyl sites for hydroxylation is 2. The Labute approximate surface area is 200 Å². The average Bonchev–Trinajstić information content (AvgIpc) is 3.18. The van der Waals surface area contributed by atoms with E-state index in [-0.39, 0.29) is 11.7 Å². The third-order valence-electron chi connectivity index (χ3n) is 7.07. The lowest BCUT2D eigenvalue weighted by atomic mass is 9.75. The van der Waals surface area contributed by atoms with E-state index in [4.69, 9.17) is 0 Å². The summed E-state index contributed by atoms with van der Waals surface area (Å²) in [6, 6.07) is 15.5. The lowest BCUT2D eigenvalue weighted by Gasteiger charge is -2.43. The van der Waals surface area contributed by atoms with Gasteiger partial charge in [0, 0.05) is 45.4 Å². The van der Waals surface area contributed by atoms with Crippen LogP contribution in [0.25, 0.3) is 22.0 Å². The van der Waals surface area contributed by atoms with Crippen molar-refractivity contribution in [3.8, 4) is 28.7 Å². The van der Waals surface area contributed by atoms with Gasteiger partial charge < -0.3 is 20.5 Å². The molecule has 4 heteroatoms. The van der Waals surface area contributed by atoms with E-state index in [2.05, 4.69) is 67.2 Å². The number of rotatable bonds is 1. The van der Waals surface area contributed by atoms with E-state index >= 15 is 0 Å². The summed E-state index contributed by atoms with van der Waals surface area (Å²) < 4.78 is 0. The highest BCUT2D eigenvalue weighted by Gasteiger charge is 2.40. The molecule has 4 N–H and O–H groups in total. The number of anilines is 1. The number of fused-ring (bicyclic) bond motifs is 2. The number of aromatic hydroxyl groups is 1. The third kappa shape index (κ3) is 3.54. The number of nitrogens with one attached hydrogen (secondary N) is 2. The van der Waals surface area contributed by atoms with E-state index in [1.54, 1.807) is 18.2 Å². The molecule has 0 spiro atoms. The van der Waals surface area contributed by atoms with Gasteiger partial charge in [0.2, 0.25) is 0 Å². The number of hydrogen-bond acceptors (Lipinski definition) is 3. The number of phenolic OH excluding ortho intramolecular Hbond substituents is 1. The number of aliphatic hydroxyl groups excluding tert-OH is 1. The van der Waals surface area contributed by atoms with Crippen LogP contribution in [0.2, 0.25) is 0 Å². The molecule has 0 radical (unpaired) electrons. The number of aromatic amines is 1. The molecule has 1 aliphatic rings. The minimum absolute atomic E-state index is 0.108. The smallest absolute Gasteiger partial charge is 0.116 e. The van der Waals surface area contributed by atoms with Gasteiger partial charge in [0.05, 0.1) is 17.2 Å². The van der Waals surface area contributed by atoms with Gasteiger partial charge in [-0.05, 0) is 68.7 Å². The molecule has 34 heavy (non-hydrogen) atoms. The first-order chi connectivity index (χ1) is 16.2. The fraction of sp³-hybridized carbons (Fsp3) is 0.267. The molecule has 5 rings (SSSR count). The van der Waals surface area contributed by atoms with Crippen LogP contribution in [0.15, 0.2) is 54.7 Å². The molecule has 1 aromatic heterocycles. The Kier molecular flexibility index (Phi) is 5.19. The zero-order chi connectivity index (χ0) is 24.2. The first-order valence-corrected chi connectivity index (χ1v) is 11.7. The largest absolute Gasteiger partial charge is 0.508 e. The minimum Gasteiger partial charge on any atom is -0.508 e. The van der Waals surface area contributed by atoms with Crippen molar-refractivity contribution in [2.45, 2.75) is 52.2 Å². The van der Waals surface area contributed by atoms with Crippen molar-refractivity contribution in [1.29, 1.82) is 0 Å². The van der Waals surface area contributed by atoms with Crippen LogP contribution in [0.4, 0.5) is 5.69 Å². The van der Waals surface area contributed by atoms with Crippen LogP contribution >= 0.6 is 0 Å². The fourth-order valence-electron chi connectivity index (χ4n) is 5.23. The van der Waals surface area contributed by atoms with Gasteiger partial charge >= 0.3 is 0 Å². The molecule has 2 atom stereocenters. The van der Waals surface area contributed by atoms with Gasteiger partial charge in [-0.25, -0.2) is 0 Å². The zero-order valence-electron chi connectivity index (χ0n) is 20.2. The first-order valence-electron chi connectivity index (χ1n) is 11.7. The minimum atomic E-state index is -0.570. The van der Waals surface area contributed by atoms with Crippen molar-refractivity contribution < 1.29 is 10.2 Å². The van der Waals surface area contributed by atoms with Gasteiger partial charge in [-0.3, -0.25) is 0 Å². The lowest BCUT2D eigenvalue weighted by molar-refractivity contribution is 0.0868. The van der Waals surface area contributed by atoms with Crippen LogP contribution in [0.1, 0.15) is 54.5 Å². The highest BCUT2D eigenvalue weighted by molar-refractivity contribution is 5.98. The van der Waals surface area contributed by atoms with Crippen molar-refractivity contribution >= 4 is 16.6 Å². The molecule has 0 fully saturated rings. The number of para-hydroxylation sites is 1. The molecule has 1 aliphatic heterocycles. The summed E-state index contributed by atoms with van der Waals surface area (Å²) >= 11 is 0. The van der Waals surface area contributed by atoms with Crippen molar-refractivity contribution in [3.63, 3.8) is 0 Å². The number of phenols is 1. The van der Waals surface area contributed by atoms with Gasteiger partial charge in [-0.1, -0.05) is 43.0 Å². The standard InChI is InChI=1S/C30H30N2O2/c1-17-14-25(24-11-7-10-22-18(2)16-31-28(22)24)23(13-12-20-8-6-9-21(33)15-20)26-19(3)29(34)30(4,5)32-27(17)26/h6-11,14-16,19,29,31-34H,1-5H3. The Morgan fingerprint density at radius 2 is 1.71 bits per heavy atom. The molecule has 172 valence electrons. The Morgan fingerprint density at radius 3 is 2.47 bits per heavy atom. The molecule has 3 aromatic carbocycles. The molecular formula is C30H30N2O2. The summed E-state index contributed by atoms with van der Waals surface area (Å²) in [5.41, 5.74) is 8.80. The molecule has 4 nitrogen and oxygen atoms in total. The van der Waals surface area contributed by atoms with Crippen LogP contribution in [0.5, 0.6) is 5.75 Å². The summed E-state index contributed by atoms with van der Waals surface area (Å²) in [7, 11) is 0. The number of aromatic nitrogens is 1. The van der Waals surface area contributed by atoms with Gasteiger partial charge in [0.25, 0.3) is 0 Å². The Bertz CT molecular complexity index is 1480. The van der Waals surface area contributed by atoms with E-state index < -0.39 is 11.6 Å². The van der Waals surface area contributed by atoms with Crippen molar-refractivity contribution in [1.82, 2.24) is 4.98 Å². The molecular weight excluding hydrogens is 420 g/mol. The van der Waals surface area contributed by atoms with E-state index in [0.29, 0.717) is 0 Å². The SMILES string of the molecule is Cc1cc(-c2cccc3c(C)c[nH]c23)c(C#Cc2cccc(O)c2)c2c1NC(C)(C)C(O)C2C. The number of hydrogen-bond donors (Lipinski definition) is 4. The van der Waals surface area contributed by atoms with Gasteiger partial charge in [0.1, 0.15) is 5.75 Å². The zero-order valence-corrected chi connectivity index (χ0v) is 20.2. The average molecular weight is 451 g/mol. The van der Waals surface area contributed by atoms with Crippen molar-refractivity contribution in [3.05, 3.63) is 82.5 Å². The molecule has 2 heterocycles. The van der Waals surface area contributed by atoms with Crippen LogP contribution in [0.3, 0.4) is 0 Å². The van der Waals surface area contributed by atoms with Gasteiger partial charge in [-0.2, -0.15) is 0 Å². The predicted molar refractivity (Wildman–Crippen MR) is 139 cm³/mol. The lowest BCUT2D eigenvalue weighted by Crippen LogP contribution is -2.50. The van der Waals surface area contributed by atoms with E-state index in [1.807, 2.05) is 26.1 Å². The number of benzene rings is 3. The topological polar surface area (TPSA) is 68.3 Å².